The summed E-state index contributed by atoms with van der Waals surface area (Å²) in [6.07, 6.45) is 5.51. The lowest BCUT2D eigenvalue weighted by atomic mass is 9.89. The number of aromatic amines is 1. The van der Waals surface area contributed by atoms with Crippen molar-refractivity contribution >= 4 is 43.1 Å². The number of nitrogens with one attached hydrogen (secondary N) is 1. The summed E-state index contributed by atoms with van der Waals surface area (Å²) in [6.45, 7) is 3.98. The molecular weight excluding hydrogens is 491 g/mol. The molecular formula is C28H23FN4O3S. The van der Waals surface area contributed by atoms with Gasteiger partial charge in [0, 0.05) is 40.3 Å². The summed E-state index contributed by atoms with van der Waals surface area (Å²) in [5.74, 6) is -0.00144. The average Bonchev–Trinajstić information content (AvgIpc) is 3.22. The maximum Gasteiger partial charge on any atom is 0.333 e. The molecule has 0 bridgehead atoms. The quantitative estimate of drug-likeness (QED) is 0.293. The molecule has 7 nitrogen and oxygen atoms in total. The molecule has 3 aromatic heterocycles. The van der Waals surface area contributed by atoms with Crippen LogP contribution in [0.4, 0.5) is 3.89 Å². The van der Waals surface area contributed by atoms with E-state index in [9.17, 15) is 22.4 Å². The first-order valence-corrected chi connectivity index (χ1v) is 13.5. The number of hydrogen-bond donors (Lipinski definition) is 1. The van der Waals surface area contributed by atoms with Crippen molar-refractivity contribution in [1.82, 2.24) is 14.5 Å². The monoisotopic (exact) mass is 514 g/mol. The van der Waals surface area contributed by atoms with Crippen LogP contribution in [0, 0.1) is 11.3 Å². The highest BCUT2D eigenvalue weighted by Gasteiger charge is 2.27. The van der Waals surface area contributed by atoms with E-state index < -0.39 is 15.1 Å². The van der Waals surface area contributed by atoms with Gasteiger partial charge in [0.1, 0.15) is 10.5 Å². The van der Waals surface area contributed by atoms with Crippen molar-refractivity contribution in [3.05, 3.63) is 70.1 Å². The maximum atomic E-state index is 14.0. The van der Waals surface area contributed by atoms with Crippen LogP contribution in [0.5, 0.6) is 0 Å². The molecule has 186 valence electrons. The third kappa shape index (κ3) is 3.63. The number of nitrogens with zero attached hydrogens (tertiary/aromatic N) is 3. The van der Waals surface area contributed by atoms with Gasteiger partial charge in [0.15, 0.2) is 5.43 Å². The molecule has 0 saturated heterocycles. The summed E-state index contributed by atoms with van der Waals surface area (Å²) < 4.78 is 39.1. The van der Waals surface area contributed by atoms with Crippen LogP contribution in [0.25, 0.3) is 44.0 Å². The number of aromatic nitrogens is 3. The van der Waals surface area contributed by atoms with Crippen molar-refractivity contribution in [1.29, 1.82) is 5.26 Å². The van der Waals surface area contributed by atoms with Gasteiger partial charge in [0.05, 0.1) is 22.5 Å². The van der Waals surface area contributed by atoms with E-state index in [1.807, 2.05) is 32.0 Å². The minimum absolute atomic E-state index is 0.00144. The molecule has 6 rings (SSSR count). The van der Waals surface area contributed by atoms with Gasteiger partial charge in [-0.3, -0.25) is 9.78 Å². The zero-order valence-electron chi connectivity index (χ0n) is 20.2. The number of halogens is 1. The molecule has 0 spiro atoms. The maximum absolute atomic E-state index is 14.0. The summed E-state index contributed by atoms with van der Waals surface area (Å²) in [5, 5.41) is 11.3. The number of pyridine rings is 2. The Labute approximate surface area is 212 Å². The summed E-state index contributed by atoms with van der Waals surface area (Å²) in [5.41, 5.74) is 4.56. The zero-order valence-corrected chi connectivity index (χ0v) is 21.1. The number of nitriles is 1. The second-order valence-corrected chi connectivity index (χ2v) is 11.3. The smallest absolute Gasteiger partial charge is 0.333 e. The fourth-order valence-electron chi connectivity index (χ4n) is 5.36. The average molecular weight is 515 g/mol. The Bertz CT molecular complexity index is 1960. The molecule has 0 atom stereocenters. The van der Waals surface area contributed by atoms with Crippen molar-refractivity contribution in [2.45, 2.75) is 50.0 Å². The first-order valence-electron chi connectivity index (χ1n) is 12.1. The number of hydrogen-bond acceptors (Lipinski definition) is 5. The molecule has 9 heteroatoms. The van der Waals surface area contributed by atoms with Gasteiger partial charge in [-0.15, -0.1) is 3.89 Å². The van der Waals surface area contributed by atoms with Gasteiger partial charge >= 0.3 is 10.2 Å². The number of H-pyrrole nitrogens is 1. The molecule has 0 radical (unpaired) electrons. The van der Waals surface area contributed by atoms with E-state index in [0.717, 1.165) is 47.4 Å². The van der Waals surface area contributed by atoms with Crippen LogP contribution >= 0.6 is 0 Å². The second-order valence-electron chi connectivity index (χ2n) is 9.96. The second kappa shape index (κ2) is 8.25. The third-order valence-corrected chi connectivity index (χ3v) is 8.20. The Morgan fingerprint density at radius 1 is 1.14 bits per heavy atom. The van der Waals surface area contributed by atoms with Gasteiger partial charge in [-0.1, -0.05) is 19.9 Å². The molecule has 1 aliphatic carbocycles. The van der Waals surface area contributed by atoms with Crippen LogP contribution < -0.4 is 5.43 Å². The molecule has 1 aliphatic rings. The Morgan fingerprint density at radius 2 is 1.92 bits per heavy atom. The molecule has 3 heterocycles. The fourth-order valence-corrected chi connectivity index (χ4v) is 5.81. The predicted octanol–water partition coefficient (Wildman–Crippen LogP) is 6.08. The molecule has 1 saturated carbocycles. The molecule has 5 aromatic rings. The fraction of sp³-hybridized carbons (Fsp3) is 0.250. The van der Waals surface area contributed by atoms with Gasteiger partial charge in [-0.2, -0.15) is 13.7 Å². The molecule has 1 fully saturated rings. The molecule has 0 amide bonds. The Kier molecular flexibility index (Phi) is 5.21. The first kappa shape index (κ1) is 23.4. The minimum Gasteiger partial charge on any atom is -0.340 e. The van der Waals surface area contributed by atoms with Crippen molar-refractivity contribution in [2.75, 3.05) is 0 Å². The SMILES string of the molecule is CC(C)c1cc2c(=O)c3c4ccc(C#N)cc4[nH]c3n(C3CCC3)c2cc1-c1cncc(S(=O)(=O)F)c1. The van der Waals surface area contributed by atoms with Crippen molar-refractivity contribution in [3.63, 3.8) is 0 Å². The molecule has 37 heavy (non-hydrogen) atoms. The number of rotatable bonds is 4. The lowest BCUT2D eigenvalue weighted by molar-refractivity contribution is 0.327. The van der Waals surface area contributed by atoms with Crippen LogP contribution in [-0.2, 0) is 10.2 Å². The summed E-state index contributed by atoms with van der Waals surface area (Å²) in [6, 6.07) is 12.7. The highest BCUT2D eigenvalue weighted by atomic mass is 32.3. The van der Waals surface area contributed by atoms with Crippen LogP contribution in [0.3, 0.4) is 0 Å². The number of benzene rings is 2. The highest BCUT2D eigenvalue weighted by molar-refractivity contribution is 7.86. The van der Waals surface area contributed by atoms with Gasteiger partial charge in [-0.05, 0) is 66.6 Å². The van der Waals surface area contributed by atoms with E-state index in [1.165, 1.54) is 12.3 Å². The summed E-state index contributed by atoms with van der Waals surface area (Å²) in [7, 11) is -4.93. The van der Waals surface area contributed by atoms with E-state index in [0.29, 0.717) is 33.1 Å². The minimum atomic E-state index is -4.93. The molecule has 0 aliphatic heterocycles. The third-order valence-electron chi connectivity index (χ3n) is 7.42. The van der Waals surface area contributed by atoms with E-state index >= 15 is 0 Å². The number of fused-ring (bicyclic) bond motifs is 4. The van der Waals surface area contributed by atoms with E-state index in [1.54, 1.807) is 12.1 Å². The predicted molar refractivity (Wildman–Crippen MR) is 141 cm³/mol. The van der Waals surface area contributed by atoms with E-state index in [2.05, 4.69) is 20.6 Å². The van der Waals surface area contributed by atoms with Gasteiger partial charge < -0.3 is 9.55 Å². The van der Waals surface area contributed by atoms with Crippen LogP contribution in [-0.4, -0.2) is 23.0 Å². The molecule has 1 N–H and O–H groups in total. The lowest BCUT2D eigenvalue weighted by Gasteiger charge is -2.31. The largest absolute Gasteiger partial charge is 0.340 e. The Balaban J connectivity index is 1.76. The van der Waals surface area contributed by atoms with Crippen molar-refractivity contribution in [3.8, 4) is 17.2 Å². The standard InChI is InChI=1S/C28H23FN4O3S/c1-15(2)21-10-23-25(11-22(21)17-9-19(14-31-13-17)37(29,35)36)33(18-4-3-5-18)28-26(27(23)34)20-7-6-16(12-30)8-24(20)32-28/h6-11,13-15,18,32H,3-5H2,1-2H3. The summed E-state index contributed by atoms with van der Waals surface area (Å²) in [4.78, 5) is 20.8. The highest BCUT2D eigenvalue weighted by Crippen LogP contribution is 2.40. The van der Waals surface area contributed by atoms with Crippen LogP contribution in [0.1, 0.15) is 56.2 Å². The van der Waals surface area contributed by atoms with E-state index in [-0.39, 0.29) is 17.4 Å². The van der Waals surface area contributed by atoms with Gasteiger partial charge in [0.2, 0.25) is 0 Å². The zero-order chi connectivity index (χ0) is 26.1. The molecule has 2 aromatic carbocycles. The first-order chi connectivity index (χ1) is 17.7. The lowest BCUT2D eigenvalue weighted by Crippen LogP contribution is -2.21. The van der Waals surface area contributed by atoms with Crippen LogP contribution in [0.2, 0.25) is 0 Å². The van der Waals surface area contributed by atoms with E-state index in [4.69, 9.17) is 0 Å². The van der Waals surface area contributed by atoms with Crippen molar-refractivity contribution in [2.24, 2.45) is 0 Å². The van der Waals surface area contributed by atoms with Gasteiger partial charge in [0.25, 0.3) is 0 Å². The van der Waals surface area contributed by atoms with Crippen molar-refractivity contribution < 1.29 is 12.3 Å². The summed E-state index contributed by atoms with van der Waals surface area (Å²) >= 11 is 0. The van der Waals surface area contributed by atoms with Crippen LogP contribution in [0.15, 0.2) is 58.5 Å². The molecule has 0 unspecified atom stereocenters. The Hall–Kier alpha value is -4.03. The topological polar surface area (TPSA) is 109 Å². The normalized spacial score (nSPS) is 14.5. The van der Waals surface area contributed by atoms with Gasteiger partial charge in [-0.25, -0.2) is 0 Å². The Morgan fingerprint density at radius 3 is 2.57 bits per heavy atom.